The minimum atomic E-state index is -0.475. The number of likely N-dealkylation sites (N-methyl/N-ethyl adjacent to an activating group) is 1. The zero-order valence-corrected chi connectivity index (χ0v) is 20.8. The normalized spacial score (nSPS) is 11.2. The van der Waals surface area contributed by atoms with Crippen LogP contribution in [0.25, 0.3) is 5.69 Å². The zero-order chi connectivity index (χ0) is 24.3. The summed E-state index contributed by atoms with van der Waals surface area (Å²) in [6, 6.07) is 13.9. The van der Waals surface area contributed by atoms with Crippen LogP contribution >= 0.6 is 23.2 Å². The van der Waals surface area contributed by atoms with Gasteiger partial charge in [0, 0.05) is 23.6 Å². The van der Waals surface area contributed by atoms with Crippen LogP contribution in [0.5, 0.6) is 0 Å². The number of para-hydroxylation sites is 1. The fourth-order valence-corrected chi connectivity index (χ4v) is 3.55. The number of carbonyl (C=O) groups is 2. The maximum atomic E-state index is 12.8. The molecule has 0 saturated carbocycles. The first-order valence-corrected chi connectivity index (χ1v) is 11.1. The average Bonchev–Trinajstić information content (AvgIpc) is 3.14. The van der Waals surface area contributed by atoms with Crippen LogP contribution in [0, 0.1) is 6.92 Å². The van der Waals surface area contributed by atoms with Gasteiger partial charge in [-0.2, -0.15) is 5.10 Å². The molecule has 33 heavy (non-hydrogen) atoms. The van der Waals surface area contributed by atoms with E-state index in [0.29, 0.717) is 21.6 Å². The van der Waals surface area contributed by atoms with Gasteiger partial charge in [-0.15, -0.1) is 0 Å². The fourth-order valence-electron chi connectivity index (χ4n) is 3.09. The molecule has 0 saturated heterocycles. The predicted octanol–water partition coefficient (Wildman–Crippen LogP) is 5.89. The number of nitrogens with one attached hydrogen (secondary N) is 2. The topological polar surface area (TPSA) is 79.3 Å². The van der Waals surface area contributed by atoms with Crippen molar-refractivity contribution in [2.75, 3.05) is 24.2 Å². The molecule has 2 aromatic carbocycles. The van der Waals surface area contributed by atoms with Crippen LogP contribution in [0.1, 0.15) is 32.0 Å². The van der Waals surface area contributed by atoms with Gasteiger partial charge < -0.3 is 15.5 Å². The molecule has 2 N–H and O–H groups in total. The molecule has 0 aliphatic heterocycles. The Bertz CT molecular complexity index is 1180. The molecule has 0 spiro atoms. The molecule has 3 aromatic rings. The van der Waals surface area contributed by atoms with Gasteiger partial charge >= 0.3 is 6.03 Å². The van der Waals surface area contributed by atoms with Gasteiger partial charge in [-0.25, -0.2) is 9.48 Å². The van der Waals surface area contributed by atoms with Gasteiger partial charge in [-0.1, -0.05) is 62.2 Å². The number of carbonyl (C=O) groups excluding carboxylic acids is 2. The quantitative estimate of drug-likeness (QED) is 0.470. The summed E-state index contributed by atoms with van der Waals surface area (Å²) >= 11 is 12.0. The maximum absolute atomic E-state index is 12.8. The Labute approximate surface area is 203 Å². The Hall–Kier alpha value is -3.03. The lowest BCUT2D eigenvalue weighted by Crippen LogP contribution is -2.38. The molecule has 0 unspecified atom stereocenters. The van der Waals surface area contributed by atoms with E-state index in [0.717, 1.165) is 16.9 Å². The van der Waals surface area contributed by atoms with Crippen molar-refractivity contribution in [1.29, 1.82) is 0 Å². The van der Waals surface area contributed by atoms with Crippen LogP contribution in [-0.4, -0.2) is 40.2 Å². The van der Waals surface area contributed by atoms with E-state index in [9.17, 15) is 9.59 Å². The second-order valence-electron chi connectivity index (χ2n) is 8.82. The summed E-state index contributed by atoms with van der Waals surface area (Å²) in [5.41, 5.74) is 2.93. The van der Waals surface area contributed by atoms with Crippen molar-refractivity contribution in [2.45, 2.75) is 33.1 Å². The van der Waals surface area contributed by atoms with Crippen molar-refractivity contribution in [3.05, 3.63) is 69.8 Å². The summed E-state index contributed by atoms with van der Waals surface area (Å²) < 4.78 is 1.72. The van der Waals surface area contributed by atoms with Gasteiger partial charge in [-0.3, -0.25) is 4.79 Å². The molecule has 0 aliphatic carbocycles. The SMILES string of the molecule is Cc1ccccc1-n1nc(C(C)(C)C)cc1NC(=O)CN(C)C(=O)Nc1ccc(Cl)cc1Cl. The third-order valence-corrected chi connectivity index (χ3v) is 5.54. The number of urea groups is 1. The molecule has 1 heterocycles. The number of rotatable bonds is 5. The molecule has 3 rings (SSSR count). The summed E-state index contributed by atoms with van der Waals surface area (Å²) in [6.45, 7) is 8.00. The van der Waals surface area contributed by atoms with Crippen molar-refractivity contribution < 1.29 is 9.59 Å². The molecular formula is C24H27Cl2N5O2. The van der Waals surface area contributed by atoms with Crippen molar-refractivity contribution in [3.63, 3.8) is 0 Å². The van der Waals surface area contributed by atoms with Crippen LogP contribution < -0.4 is 10.6 Å². The van der Waals surface area contributed by atoms with Gasteiger partial charge in [0.25, 0.3) is 0 Å². The number of amides is 3. The van der Waals surface area contributed by atoms with Crippen LogP contribution in [-0.2, 0) is 10.2 Å². The number of aromatic nitrogens is 2. The fraction of sp³-hybridized carbons (Fsp3) is 0.292. The molecule has 9 heteroatoms. The highest BCUT2D eigenvalue weighted by Gasteiger charge is 2.23. The Morgan fingerprint density at radius 3 is 2.39 bits per heavy atom. The molecule has 0 bridgehead atoms. The monoisotopic (exact) mass is 487 g/mol. The van der Waals surface area contributed by atoms with Gasteiger partial charge in [0.15, 0.2) is 0 Å². The molecule has 174 valence electrons. The summed E-state index contributed by atoms with van der Waals surface area (Å²) in [7, 11) is 1.53. The summed E-state index contributed by atoms with van der Waals surface area (Å²) in [4.78, 5) is 26.6. The number of benzene rings is 2. The highest BCUT2D eigenvalue weighted by molar-refractivity contribution is 6.36. The molecule has 7 nitrogen and oxygen atoms in total. The van der Waals surface area contributed by atoms with E-state index in [2.05, 4.69) is 31.4 Å². The first kappa shape index (κ1) is 24.6. The first-order valence-electron chi connectivity index (χ1n) is 10.4. The lowest BCUT2D eigenvalue weighted by atomic mass is 9.92. The van der Waals surface area contributed by atoms with Crippen molar-refractivity contribution in [3.8, 4) is 5.69 Å². The van der Waals surface area contributed by atoms with Gasteiger partial charge in [0.05, 0.1) is 22.1 Å². The Morgan fingerprint density at radius 1 is 1.06 bits per heavy atom. The Balaban J connectivity index is 1.76. The molecule has 0 atom stereocenters. The predicted molar refractivity (Wildman–Crippen MR) is 134 cm³/mol. The number of hydrogen-bond donors (Lipinski definition) is 2. The minimum absolute atomic E-state index is 0.166. The van der Waals surface area contributed by atoms with E-state index in [4.69, 9.17) is 28.3 Å². The maximum Gasteiger partial charge on any atom is 0.322 e. The van der Waals surface area contributed by atoms with Gasteiger partial charge in [0.2, 0.25) is 5.91 Å². The van der Waals surface area contributed by atoms with E-state index in [1.165, 1.54) is 18.0 Å². The summed E-state index contributed by atoms with van der Waals surface area (Å²) in [6.07, 6.45) is 0. The number of aryl methyl sites for hydroxylation is 1. The van der Waals surface area contributed by atoms with Crippen LogP contribution in [0.4, 0.5) is 16.3 Å². The molecule has 1 aromatic heterocycles. The van der Waals surface area contributed by atoms with Crippen LogP contribution in [0.15, 0.2) is 48.5 Å². The number of anilines is 2. The number of nitrogens with zero attached hydrogens (tertiary/aromatic N) is 3. The van der Waals surface area contributed by atoms with E-state index < -0.39 is 6.03 Å². The average molecular weight is 488 g/mol. The first-order chi connectivity index (χ1) is 15.5. The van der Waals surface area contributed by atoms with E-state index in [-0.39, 0.29) is 17.9 Å². The molecular weight excluding hydrogens is 461 g/mol. The standard InChI is InChI=1S/C24H27Cl2N5O2/c1-15-8-6-7-9-19(15)31-21(13-20(29-31)24(2,3)4)28-22(32)14-30(5)23(33)27-18-11-10-16(25)12-17(18)26/h6-13H,14H2,1-5H3,(H,27,33)(H,28,32). The Morgan fingerprint density at radius 2 is 1.76 bits per heavy atom. The lowest BCUT2D eigenvalue weighted by Gasteiger charge is -2.18. The van der Waals surface area contributed by atoms with Crippen LogP contribution in [0.3, 0.4) is 0 Å². The number of hydrogen-bond acceptors (Lipinski definition) is 3. The summed E-state index contributed by atoms with van der Waals surface area (Å²) in [5.74, 6) is 0.179. The van der Waals surface area contributed by atoms with Crippen LogP contribution in [0.2, 0.25) is 10.0 Å². The summed E-state index contributed by atoms with van der Waals surface area (Å²) in [5, 5.41) is 11.1. The highest BCUT2D eigenvalue weighted by Crippen LogP contribution is 2.28. The largest absolute Gasteiger partial charge is 0.322 e. The van der Waals surface area contributed by atoms with Gasteiger partial charge in [0.1, 0.15) is 12.4 Å². The second-order valence-corrected chi connectivity index (χ2v) is 9.67. The van der Waals surface area contributed by atoms with E-state index in [1.807, 2.05) is 37.3 Å². The van der Waals surface area contributed by atoms with E-state index in [1.54, 1.807) is 16.8 Å². The zero-order valence-electron chi connectivity index (χ0n) is 19.2. The lowest BCUT2D eigenvalue weighted by molar-refractivity contribution is -0.116. The number of halogens is 2. The minimum Gasteiger partial charge on any atom is -0.318 e. The third-order valence-electron chi connectivity index (χ3n) is 4.99. The molecule has 0 aliphatic rings. The third kappa shape index (κ3) is 6.06. The molecule has 0 fully saturated rings. The molecule has 0 radical (unpaired) electrons. The smallest absolute Gasteiger partial charge is 0.318 e. The highest BCUT2D eigenvalue weighted by atomic mass is 35.5. The van der Waals surface area contributed by atoms with Crippen molar-refractivity contribution >= 4 is 46.6 Å². The van der Waals surface area contributed by atoms with Crippen molar-refractivity contribution in [2.24, 2.45) is 0 Å². The Kier molecular flexibility index (Phi) is 7.34. The second kappa shape index (κ2) is 9.85. The molecule has 3 amide bonds. The van der Waals surface area contributed by atoms with E-state index >= 15 is 0 Å². The van der Waals surface area contributed by atoms with Crippen molar-refractivity contribution in [1.82, 2.24) is 14.7 Å². The van der Waals surface area contributed by atoms with Gasteiger partial charge in [-0.05, 0) is 36.8 Å².